The predicted molar refractivity (Wildman–Crippen MR) is 103 cm³/mol. The third kappa shape index (κ3) is 3.19. The molecule has 0 atom stereocenters. The first-order valence-corrected chi connectivity index (χ1v) is 10.1. The molecule has 6 heteroatoms. The predicted octanol–water partition coefficient (Wildman–Crippen LogP) is 4.60. The van der Waals surface area contributed by atoms with Crippen molar-refractivity contribution < 1.29 is 22.4 Å². The number of fused-ring (bicyclic) bond motifs is 3. The fraction of sp³-hybridized carbons (Fsp3) is 0.0952. The van der Waals surface area contributed by atoms with Gasteiger partial charge in [0, 0.05) is 10.8 Å². The van der Waals surface area contributed by atoms with Crippen LogP contribution in [0, 0.1) is 0 Å². The summed E-state index contributed by atoms with van der Waals surface area (Å²) in [5.74, 6) is -0.151. The smallest absolute Gasteiger partial charge is 0.343 e. The zero-order valence-electron chi connectivity index (χ0n) is 14.5. The third-order valence-corrected chi connectivity index (χ3v) is 6.14. The van der Waals surface area contributed by atoms with Crippen molar-refractivity contribution >= 4 is 37.7 Å². The largest absolute Gasteiger partial charge is 0.456 e. The molecule has 4 rings (SSSR count). The van der Waals surface area contributed by atoms with Crippen LogP contribution in [0.15, 0.2) is 76.0 Å². The van der Waals surface area contributed by atoms with E-state index in [1.807, 2.05) is 24.3 Å². The molecule has 0 spiro atoms. The second kappa shape index (κ2) is 6.55. The molecule has 5 nitrogen and oxygen atoms in total. The summed E-state index contributed by atoms with van der Waals surface area (Å²) in [5, 5.41) is 1.81. The van der Waals surface area contributed by atoms with Crippen molar-refractivity contribution in [1.82, 2.24) is 0 Å². The lowest BCUT2D eigenvalue weighted by Crippen LogP contribution is -2.09. The second-order valence-corrected chi connectivity index (χ2v) is 8.35. The Bertz CT molecular complexity index is 1250. The van der Waals surface area contributed by atoms with Gasteiger partial charge in [0.25, 0.3) is 0 Å². The summed E-state index contributed by atoms with van der Waals surface area (Å²) in [6.45, 7) is 1.58. The number of hydrogen-bond donors (Lipinski definition) is 0. The van der Waals surface area contributed by atoms with E-state index < -0.39 is 15.8 Å². The van der Waals surface area contributed by atoms with Crippen molar-refractivity contribution in [2.75, 3.05) is 5.75 Å². The Morgan fingerprint density at radius 3 is 2.37 bits per heavy atom. The lowest BCUT2D eigenvalue weighted by molar-refractivity contribution is 0.0735. The van der Waals surface area contributed by atoms with Crippen LogP contribution in [0.1, 0.15) is 17.3 Å². The molecule has 0 amide bonds. The highest BCUT2D eigenvalue weighted by molar-refractivity contribution is 7.91. The Morgan fingerprint density at radius 2 is 1.63 bits per heavy atom. The van der Waals surface area contributed by atoms with Crippen LogP contribution in [-0.4, -0.2) is 20.1 Å². The molecule has 27 heavy (non-hydrogen) atoms. The summed E-state index contributed by atoms with van der Waals surface area (Å²) in [7, 11) is -3.30. The van der Waals surface area contributed by atoms with Crippen LogP contribution < -0.4 is 4.74 Å². The first-order chi connectivity index (χ1) is 13.0. The number of hydrogen-bond acceptors (Lipinski definition) is 5. The quantitative estimate of drug-likeness (QED) is 0.382. The molecule has 0 unspecified atom stereocenters. The average Bonchev–Trinajstić information content (AvgIpc) is 3.06. The van der Waals surface area contributed by atoms with Gasteiger partial charge in [-0.3, -0.25) is 0 Å². The maximum atomic E-state index is 12.4. The molecule has 0 aliphatic rings. The van der Waals surface area contributed by atoms with Gasteiger partial charge in [-0.15, -0.1) is 0 Å². The number of benzene rings is 3. The first-order valence-electron chi connectivity index (χ1n) is 8.44. The van der Waals surface area contributed by atoms with Crippen molar-refractivity contribution in [2.45, 2.75) is 11.8 Å². The molecule has 1 heterocycles. The Balaban J connectivity index is 1.62. The number of ether oxygens (including phenoxy) is 1. The molecule has 0 bridgehead atoms. The van der Waals surface area contributed by atoms with Gasteiger partial charge >= 0.3 is 5.97 Å². The second-order valence-electron chi connectivity index (χ2n) is 6.07. The summed E-state index contributed by atoms with van der Waals surface area (Å²) in [5.41, 5.74) is 1.76. The summed E-state index contributed by atoms with van der Waals surface area (Å²) >= 11 is 0. The highest BCUT2D eigenvalue weighted by Crippen LogP contribution is 2.31. The molecule has 0 radical (unpaired) electrons. The van der Waals surface area contributed by atoms with E-state index in [1.54, 1.807) is 25.1 Å². The highest BCUT2D eigenvalue weighted by atomic mass is 32.2. The zero-order chi connectivity index (χ0) is 19.0. The molecule has 136 valence electrons. The molecule has 0 aliphatic heterocycles. The van der Waals surface area contributed by atoms with Gasteiger partial charge in [-0.2, -0.15) is 0 Å². The van der Waals surface area contributed by atoms with Gasteiger partial charge in [-0.1, -0.05) is 25.1 Å². The molecular weight excluding hydrogens is 364 g/mol. The Morgan fingerprint density at radius 1 is 0.926 bits per heavy atom. The fourth-order valence-corrected chi connectivity index (χ4v) is 3.78. The van der Waals surface area contributed by atoms with E-state index in [1.165, 1.54) is 24.3 Å². The van der Waals surface area contributed by atoms with Gasteiger partial charge in [-0.05, 0) is 48.5 Å². The SMILES string of the molecule is CCS(=O)(=O)c1ccc(C(=O)Oc2ccc3oc4ccccc4c3c2)cc1. The van der Waals surface area contributed by atoms with Gasteiger partial charge in [0.1, 0.15) is 16.9 Å². The maximum absolute atomic E-state index is 12.4. The van der Waals surface area contributed by atoms with Crippen LogP contribution >= 0.6 is 0 Å². The maximum Gasteiger partial charge on any atom is 0.343 e. The van der Waals surface area contributed by atoms with Gasteiger partial charge in [-0.25, -0.2) is 13.2 Å². The summed E-state index contributed by atoms with van der Waals surface area (Å²) in [6.07, 6.45) is 0. The molecule has 0 aliphatic carbocycles. The van der Waals surface area contributed by atoms with E-state index in [9.17, 15) is 13.2 Å². The monoisotopic (exact) mass is 380 g/mol. The van der Waals surface area contributed by atoms with E-state index in [0.717, 1.165) is 16.4 Å². The molecule has 0 saturated heterocycles. The van der Waals surface area contributed by atoms with Crippen LogP contribution in [0.2, 0.25) is 0 Å². The van der Waals surface area contributed by atoms with Crippen LogP contribution in [0.3, 0.4) is 0 Å². The van der Waals surface area contributed by atoms with E-state index in [0.29, 0.717) is 11.3 Å². The summed E-state index contributed by atoms with van der Waals surface area (Å²) in [4.78, 5) is 12.6. The molecule has 0 fully saturated rings. The summed E-state index contributed by atoms with van der Waals surface area (Å²) < 4.78 is 34.9. The number of carbonyl (C=O) groups is 1. The third-order valence-electron chi connectivity index (χ3n) is 4.39. The molecule has 0 N–H and O–H groups in total. The minimum atomic E-state index is -3.30. The summed E-state index contributed by atoms with van der Waals surface area (Å²) in [6, 6.07) is 18.6. The topological polar surface area (TPSA) is 73.6 Å². The van der Waals surface area contributed by atoms with Gasteiger partial charge < -0.3 is 9.15 Å². The zero-order valence-corrected chi connectivity index (χ0v) is 15.3. The van der Waals surface area contributed by atoms with E-state index in [4.69, 9.17) is 9.15 Å². The molecule has 1 aromatic heterocycles. The molecular formula is C21H16O5S. The lowest BCUT2D eigenvalue weighted by atomic mass is 10.1. The van der Waals surface area contributed by atoms with Crippen LogP contribution in [0.25, 0.3) is 21.9 Å². The van der Waals surface area contributed by atoms with Gasteiger partial charge in [0.15, 0.2) is 9.84 Å². The lowest BCUT2D eigenvalue weighted by Gasteiger charge is -2.06. The number of furan rings is 1. The number of carbonyl (C=O) groups excluding carboxylic acids is 1. The van der Waals surface area contributed by atoms with Crippen LogP contribution in [0.5, 0.6) is 5.75 Å². The Hall–Kier alpha value is -3.12. The van der Waals surface area contributed by atoms with Crippen molar-refractivity contribution in [3.05, 3.63) is 72.3 Å². The van der Waals surface area contributed by atoms with E-state index in [2.05, 4.69) is 0 Å². The molecule has 4 aromatic rings. The van der Waals surface area contributed by atoms with Crippen LogP contribution in [-0.2, 0) is 9.84 Å². The number of para-hydroxylation sites is 1. The van der Waals surface area contributed by atoms with Crippen molar-refractivity contribution in [1.29, 1.82) is 0 Å². The van der Waals surface area contributed by atoms with Crippen LogP contribution in [0.4, 0.5) is 0 Å². The number of rotatable bonds is 4. The van der Waals surface area contributed by atoms with Crippen molar-refractivity contribution in [3.63, 3.8) is 0 Å². The highest BCUT2D eigenvalue weighted by Gasteiger charge is 2.15. The average molecular weight is 380 g/mol. The van der Waals surface area contributed by atoms with Crippen molar-refractivity contribution in [3.8, 4) is 5.75 Å². The van der Waals surface area contributed by atoms with Gasteiger partial charge in [0.2, 0.25) is 0 Å². The van der Waals surface area contributed by atoms with E-state index in [-0.39, 0.29) is 16.2 Å². The Labute approximate surface area is 156 Å². The number of esters is 1. The number of sulfone groups is 1. The minimum absolute atomic E-state index is 0.00939. The first kappa shape index (κ1) is 17.3. The van der Waals surface area contributed by atoms with E-state index >= 15 is 0 Å². The molecule has 0 saturated carbocycles. The standard InChI is InChI=1S/C21H16O5S/c1-2-27(23,24)16-10-7-14(8-11-16)21(22)25-15-9-12-20-18(13-15)17-5-3-4-6-19(17)26-20/h3-13H,2H2,1H3. The normalized spacial score (nSPS) is 11.7. The molecule has 3 aromatic carbocycles. The van der Waals surface area contributed by atoms with Gasteiger partial charge in [0.05, 0.1) is 16.2 Å². The minimum Gasteiger partial charge on any atom is -0.456 e. The Kier molecular flexibility index (Phi) is 4.20. The van der Waals surface area contributed by atoms with Crippen molar-refractivity contribution in [2.24, 2.45) is 0 Å². The fourth-order valence-electron chi connectivity index (χ4n) is 2.90.